The zero-order valence-corrected chi connectivity index (χ0v) is 17.8. The van der Waals surface area contributed by atoms with Crippen LogP contribution in [0.15, 0.2) is 18.2 Å². The molecular formula is C20H29NO6S. The molecule has 2 atom stereocenters. The molecule has 0 aromatic heterocycles. The Hall–Kier alpha value is -2.09. The number of hydrogen-bond acceptors (Lipinski definition) is 6. The molecule has 28 heavy (non-hydrogen) atoms. The van der Waals surface area contributed by atoms with Gasteiger partial charge in [-0.05, 0) is 56.9 Å². The van der Waals surface area contributed by atoms with Gasteiger partial charge >= 0.3 is 5.97 Å². The number of ether oxygens (including phenoxy) is 2. The van der Waals surface area contributed by atoms with Crippen molar-refractivity contribution in [2.24, 2.45) is 0 Å². The quantitative estimate of drug-likeness (QED) is 0.608. The van der Waals surface area contributed by atoms with Gasteiger partial charge in [-0.15, -0.1) is 0 Å². The van der Waals surface area contributed by atoms with E-state index in [0.29, 0.717) is 18.6 Å². The summed E-state index contributed by atoms with van der Waals surface area (Å²) in [6.07, 6.45) is 1.11. The molecule has 1 aliphatic heterocycles. The van der Waals surface area contributed by atoms with Gasteiger partial charge in [-0.2, -0.15) is 0 Å². The number of carbonyl (C=O) groups is 2. The van der Waals surface area contributed by atoms with Gasteiger partial charge < -0.3 is 14.4 Å². The van der Waals surface area contributed by atoms with Gasteiger partial charge in [0.25, 0.3) is 5.91 Å². The number of aryl methyl sites for hydroxylation is 2. The first-order valence-electron chi connectivity index (χ1n) is 9.50. The fourth-order valence-corrected chi connectivity index (χ4v) is 4.92. The molecule has 1 aromatic carbocycles. The van der Waals surface area contributed by atoms with E-state index in [2.05, 4.69) is 0 Å². The Kier molecular flexibility index (Phi) is 7.46. The molecule has 8 heteroatoms. The van der Waals surface area contributed by atoms with Crippen molar-refractivity contribution in [2.45, 2.75) is 52.6 Å². The van der Waals surface area contributed by atoms with Gasteiger partial charge in [-0.1, -0.05) is 13.0 Å². The first kappa shape index (κ1) is 22.2. The van der Waals surface area contributed by atoms with Crippen molar-refractivity contribution in [3.05, 3.63) is 29.3 Å². The number of rotatable bonds is 8. The number of amides is 1. The maximum Gasteiger partial charge on any atom is 0.344 e. The summed E-state index contributed by atoms with van der Waals surface area (Å²) in [6.45, 7) is 7.02. The number of benzene rings is 1. The molecule has 156 valence electrons. The molecule has 0 radical (unpaired) electrons. The smallest absolute Gasteiger partial charge is 0.344 e. The van der Waals surface area contributed by atoms with Crippen molar-refractivity contribution < 1.29 is 27.5 Å². The summed E-state index contributed by atoms with van der Waals surface area (Å²) in [4.78, 5) is 26.1. The zero-order chi connectivity index (χ0) is 20.9. The molecule has 0 saturated carbocycles. The molecule has 0 aliphatic carbocycles. The largest absolute Gasteiger partial charge is 0.482 e. The highest BCUT2D eigenvalue weighted by molar-refractivity contribution is 7.91. The topological polar surface area (TPSA) is 90.0 Å². The maximum absolute atomic E-state index is 12.6. The summed E-state index contributed by atoms with van der Waals surface area (Å²) >= 11 is 0. The Balaban J connectivity index is 1.88. The van der Waals surface area contributed by atoms with E-state index in [-0.39, 0.29) is 36.1 Å². The van der Waals surface area contributed by atoms with E-state index in [1.807, 2.05) is 39.8 Å². The molecule has 0 N–H and O–H groups in total. The fourth-order valence-electron chi connectivity index (χ4n) is 3.21. The summed E-state index contributed by atoms with van der Waals surface area (Å²) in [5, 5.41) is 0. The van der Waals surface area contributed by atoms with Crippen molar-refractivity contribution in [2.75, 3.05) is 24.7 Å². The summed E-state index contributed by atoms with van der Waals surface area (Å²) in [7, 11) is -3.11. The fraction of sp³-hybridized carbons (Fsp3) is 0.600. The molecular weight excluding hydrogens is 382 g/mol. The lowest BCUT2D eigenvalue weighted by Gasteiger charge is -2.33. The minimum atomic E-state index is -3.11. The van der Waals surface area contributed by atoms with Crippen LogP contribution in [0.2, 0.25) is 0 Å². The second-order valence-corrected chi connectivity index (χ2v) is 9.54. The van der Waals surface area contributed by atoms with Crippen LogP contribution in [0.3, 0.4) is 0 Å². The van der Waals surface area contributed by atoms with E-state index in [9.17, 15) is 18.0 Å². The van der Waals surface area contributed by atoms with Gasteiger partial charge in [0.05, 0.1) is 11.5 Å². The Morgan fingerprint density at radius 3 is 2.50 bits per heavy atom. The minimum Gasteiger partial charge on any atom is -0.482 e. The lowest BCUT2D eigenvalue weighted by Crippen LogP contribution is -2.48. The lowest BCUT2D eigenvalue weighted by molar-refractivity contribution is -0.155. The van der Waals surface area contributed by atoms with Gasteiger partial charge in [0.2, 0.25) is 0 Å². The van der Waals surface area contributed by atoms with Crippen LogP contribution in [0.5, 0.6) is 5.75 Å². The SMILES string of the molecule is CC[C@H](C)N(C(=O)COC(=O)COc1ccc(C)c(C)c1)[C@H]1CCS(=O)(=O)C1. The Morgan fingerprint density at radius 1 is 1.21 bits per heavy atom. The van der Waals surface area contributed by atoms with Crippen molar-refractivity contribution in [3.8, 4) is 5.75 Å². The molecule has 1 amide bonds. The number of carbonyl (C=O) groups excluding carboxylic acids is 2. The second-order valence-electron chi connectivity index (χ2n) is 7.31. The third kappa shape index (κ3) is 5.95. The van der Waals surface area contributed by atoms with Crippen LogP contribution in [0.4, 0.5) is 0 Å². The van der Waals surface area contributed by atoms with Crippen LogP contribution in [0.1, 0.15) is 37.8 Å². The first-order chi connectivity index (χ1) is 13.1. The van der Waals surface area contributed by atoms with Crippen LogP contribution < -0.4 is 4.74 Å². The average Bonchev–Trinajstić information content (AvgIpc) is 3.00. The highest BCUT2D eigenvalue weighted by Crippen LogP contribution is 2.21. The summed E-state index contributed by atoms with van der Waals surface area (Å²) in [5.41, 5.74) is 2.18. The standard InChI is InChI=1S/C20H29NO6S/c1-5-16(4)21(17-8-9-28(24,25)13-17)19(22)11-27-20(23)12-26-18-7-6-14(2)15(3)10-18/h6-7,10,16-17H,5,8-9,11-13H2,1-4H3/t16-,17-/m0/s1. The molecule has 1 fully saturated rings. The summed E-state index contributed by atoms with van der Waals surface area (Å²) in [6, 6.07) is 5.01. The van der Waals surface area contributed by atoms with Crippen LogP contribution in [0, 0.1) is 13.8 Å². The molecule has 1 saturated heterocycles. The molecule has 0 bridgehead atoms. The van der Waals surface area contributed by atoms with Gasteiger partial charge in [0.15, 0.2) is 23.1 Å². The summed E-state index contributed by atoms with van der Waals surface area (Å²) in [5.74, 6) is -0.413. The highest BCUT2D eigenvalue weighted by Gasteiger charge is 2.36. The summed E-state index contributed by atoms with van der Waals surface area (Å²) < 4.78 is 34.0. The molecule has 0 spiro atoms. The number of hydrogen-bond donors (Lipinski definition) is 0. The second kappa shape index (κ2) is 9.41. The Labute approximate surface area is 166 Å². The van der Waals surface area contributed by atoms with Crippen LogP contribution in [-0.4, -0.2) is 62.0 Å². The van der Waals surface area contributed by atoms with Crippen molar-refractivity contribution in [1.82, 2.24) is 4.90 Å². The van der Waals surface area contributed by atoms with Crippen molar-refractivity contribution in [1.29, 1.82) is 0 Å². The first-order valence-corrected chi connectivity index (χ1v) is 11.3. The van der Waals surface area contributed by atoms with Crippen molar-refractivity contribution >= 4 is 21.7 Å². The maximum atomic E-state index is 12.6. The zero-order valence-electron chi connectivity index (χ0n) is 16.9. The van der Waals surface area contributed by atoms with Gasteiger partial charge in [0.1, 0.15) is 5.75 Å². The lowest BCUT2D eigenvalue weighted by atomic mass is 10.1. The van der Waals surface area contributed by atoms with Crippen LogP contribution >= 0.6 is 0 Å². The van der Waals surface area contributed by atoms with Gasteiger partial charge in [-0.3, -0.25) is 4.79 Å². The van der Waals surface area contributed by atoms with Gasteiger partial charge in [0, 0.05) is 12.1 Å². The van der Waals surface area contributed by atoms with E-state index in [1.54, 1.807) is 11.0 Å². The predicted octanol–water partition coefficient (Wildman–Crippen LogP) is 2.04. The minimum absolute atomic E-state index is 0.0348. The van der Waals surface area contributed by atoms with Crippen molar-refractivity contribution in [3.63, 3.8) is 0 Å². The highest BCUT2D eigenvalue weighted by atomic mass is 32.2. The molecule has 1 heterocycles. The number of sulfone groups is 1. The Morgan fingerprint density at radius 2 is 1.93 bits per heavy atom. The van der Waals surface area contributed by atoms with E-state index in [4.69, 9.17) is 9.47 Å². The Bertz CT molecular complexity index is 820. The van der Waals surface area contributed by atoms with Gasteiger partial charge in [-0.25, -0.2) is 13.2 Å². The third-order valence-electron chi connectivity index (χ3n) is 5.15. The monoisotopic (exact) mass is 411 g/mol. The third-order valence-corrected chi connectivity index (χ3v) is 6.90. The predicted molar refractivity (Wildman–Crippen MR) is 106 cm³/mol. The van der Waals surface area contributed by atoms with Crippen LogP contribution in [-0.2, 0) is 24.2 Å². The van der Waals surface area contributed by atoms with Crippen LogP contribution in [0.25, 0.3) is 0 Å². The normalized spacial score (nSPS) is 19.1. The molecule has 0 unspecified atom stereocenters. The van der Waals surface area contributed by atoms with E-state index in [1.165, 1.54) is 0 Å². The number of esters is 1. The van der Waals surface area contributed by atoms with E-state index < -0.39 is 22.4 Å². The van der Waals surface area contributed by atoms with E-state index in [0.717, 1.165) is 11.1 Å². The molecule has 1 aromatic rings. The number of nitrogens with zero attached hydrogens (tertiary/aromatic N) is 1. The molecule has 2 rings (SSSR count). The average molecular weight is 412 g/mol. The molecule has 7 nitrogen and oxygen atoms in total. The van der Waals surface area contributed by atoms with E-state index >= 15 is 0 Å². The molecule has 1 aliphatic rings.